The molecular weight excluding hydrogens is 264 g/mol. The van der Waals surface area contributed by atoms with Gasteiger partial charge in [-0.15, -0.1) is 0 Å². The van der Waals surface area contributed by atoms with Gasteiger partial charge in [0.05, 0.1) is 6.20 Å². The maximum Gasteiger partial charge on any atom is 0.149 e. The third-order valence-corrected chi connectivity index (χ3v) is 3.75. The van der Waals surface area contributed by atoms with Crippen LogP contribution in [0.4, 0.5) is 5.82 Å². The lowest BCUT2D eigenvalue weighted by Gasteiger charge is -2.33. The summed E-state index contributed by atoms with van der Waals surface area (Å²) in [5, 5.41) is 9.19. The Labute approximate surface area is 123 Å². The number of nitrogens with zero attached hydrogens (tertiary/aromatic N) is 6. The molecule has 0 aromatic carbocycles. The highest BCUT2D eigenvalue weighted by Gasteiger charge is 2.24. The van der Waals surface area contributed by atoms with Crippen molar-refractivity contribution in [3.8, 4) is 6.07 Å². The first-order valence-corrected chi connectivity index (χ1v) is 7.02. The summed E-state index contributed by atoms with van der Waals surface area (Å²) in [5.41, 5.74) is 1.59. The van der Waals surface area contributed by atoms with Crippen molar-refractivity contribution in [2.45, 2.75) is 25.7 Å². The Hall–Kier alpha value is -2.55. The second-order valence-electron chi connectivity index (χ2n) is 5.19. The molecule has 106 valence electrons. The van der Waals surface area contributed by atoms with Gasteiger partial charge in [-0.25, -0.2) is 19.9 Å². The van der Waals surface area contributed by atoms with Crippen LogP contribution in [0.25, 0.3) is 0 Å². The Morgan fingerprint density at radius 3 is 3.10 bits per heavy atom. The van der Waals surface area contributed by atoms with Gasteiger partial charge in [0.25, 0.3) is 0 Å². The van der Waals surface area contributed by atoms with Gasteiger partial charge in [0.2, 0.25) is 0 Å². The summed E-state index contributed by atoms with van der Waals surface area (Å²) in [6.07, 6.45) is 7.03. The van der Waals surface area contributed by atoms with E-state index < -0.39 is 0 Å². The molecule has 0 saturated carbocycles. The molecule has 3 rings (SSSR count). The molecule has 3 heterocycles. The average Bonchev–Trinajstić information content (AvgIpc) is 2.55. The van der Waals surface area contributed by atoms with Crippen molar-refractivity contribution in [1.29, 1.82) is 5.26 Å². The Kier molecular flexibility index (Phi) is 3.73. The normalized spacial score (nSPS) is 18.3. The molecule has 1 aliphatic rings. The van der Waals surface area contributed by atoms with Gasteiger partial charge in [0.1, 0.15) is 29.6 Å². The summed E-state index contributed by atoms with van der Waals surface area (Å²) >= 11 is 0. The van der Waals surface area contributed by atoms with Gasteiger partial charge in [-0.2, -0.15) is 5.26 Å². The minimum absolute atomic E-state index is 0.349. The van der Waals surface area contributed by atoms with Crippen LogP contribution in [0.5, 0.6) is 0 Å². The topological polar surface area (TPSA) is 78.6 Å². The Bertz CT molecular complexity index is 678. The standard InChI is InChI=1S/C15H16N6/c1-11-18-5-4-14(20-11)12-3-2-6-21(9-12)15-13(7-16)8-17-10-19-15/h4-5,8,10,12H,2-3,6,9H2,1H3. The van der Waals surface area contributed by atoms with E-state index in [-0.39, 0.29) is 0 Å². The summed E-state index contributed by atoms with van der Waals surface area (Å²) in [6.45, 7) is 3.64. The monoisotopic (exact) mass is 280 g/mol. The molecular formula is C15H16N6. The predicted molar refractivity (Wildman–Crippen MR) is 77.7 cm³/mol. The third-order valence-electron chi connectivity index (χ3n) is 3.75. The quantitative estimate of drug-likeness (QED) is 0.835. The molecule has 21 heavy (non-hydrogen) atoms. The smallest absolute Gasteiger partial charge is 0.149 e. The van der Waals surface area contributed by atoms with Crippen LogP contribution in [0.2, 0.25) is 0 Å². The van der Waals surface area contributed by atoms with Crippen molar-refractivity contribution in [2.75, 3.05) is 18.0 Å². The van der Waals surface area contributed by atoms with Crippen LogP contribution in [0.3, 0.4) is 0 Å². The molecule has 0 N–H and O–H groups in total. The van der Waals surface area contributed by atoms with Crippen LogP contribution in [0, 0.1) is 18.3 Å². The number of aromatic nitrogens is 4. The molecule has 6 heteroatoms. The minimum Gasteiger partial charge on any atom is -0.355 e. The number of hydrogen-bond acceptors (Lipinski definition) is 6. The highest BCUT2D eigenvalue weighted by atomic mass is 15.2. The van der Waals surface area contributed by atoms with Gasteiger partial charge >= 0.3 is 0 Å². The molecule has 0 spiro atoms. The van der Waals surface area contributed by atoms with Crippen molar-refractivity contribution in [3.63, 3.8) is 0 Å². The first-order valence-electron chi connectivity index (χ1n) is 7.02. The fraction of sp³-hybridized carbons (Fsp3) is 0.400. The average molecular weight is 280 g/mol. The molecule has 0 bridgehead atoms. The van der Waals surface area contributed by atoms with Gasteiger partial charge in [-0.3, -0.25) is 0 Å². The molecule has 1 aliphatic heterocycles. The van der Waals surface area contributed by atoms with E-state index in [1.54, 1.807) is 6.20 Å². The molecule has 1 saturated heterocycles. The van der Waals surface area contributed by atoms with Gasteiger partial charge in [0, 0.05) is 30.9 Å². The first kappa shape index (κ1) is 13.4. The summed E-state index contributed by atoms with van der Waals surface area (Å²) in [6, 6.07) is 4.14. The number of anilines is 1. The van der Waals surface area contributed by atoms with E-state index >= 15 is 0 Å². The lowest BCUT2D eigenvalue weighted by atomic mass is 9.94. The van der Waals surface area contributed by atoms with Crippen molar-refractivity contribution >= 4 is 5.82 Å². The van der Waals surface area contributed by atoms with E-state index in [9.17, 15) is 5.26 Å². The van der Waals surface area contributed by atoms with E-state index in [4.69, 9.17) is 0 Å². The molecule has 2 aromatic heterocycles. The van der Waals surface area contributed by atoms with E-state index in [0.29, 0.717) is 11.5 Å². The summed E-state index contributed by atoms with van der Waals surface area (Å²) in [5.74, 6) is 1.87. The largest absolute Gasteiger partial charge is 0.355 e. The molecule has 1 fully saturated rings. The van der Waals surface area contributed by atoms with Crippen LogP contribution < -0.4 is 4.90 Å². The van der Waals surface area contributed by atoms with E-state index in [1.807, 2.05) is 19.2 Å². The minimum atomic E-state index is 0.349. The van der Waals surface area contributed by atoms with Crippen LogP contribution in [-0.4, -0.2) is 33.0 Å². The lowest BCUT2D eigenvalue weighted by molar-refractivity contribution is 0.496. The van der Waals surface area contributed by atoms with Crippen LogP contribution in [0.15, 0.2) is 24.8 Å². The summed E-state index contributed by atoms with van der Waals surface area (Å²) < 4.78 is 0. The number of hydrogen-bond donors (Lipinski definition) is 0. The van der Waals surface area contributed by atoms with E-state index in [1.165, 1.54) is 6.33 Å². The molecule has 6 nitrogen and oxygen atoms in total. The zero-order chi connectivity index (χ0) is 14.7. The van der Waals surface area contributed by atoms with Crippen LogP contribution in [-0.2, 0) is 0 Å². The molecule has 1 atom stereocenters. The molecule has 1 unspecified atom stereocenters. The second kappa shape index (κ2) is 5.83. The predicted octanol–water partition coefficient (Wildman–Crippen LogP) is 1.83. The third kappa shape index (κ3) is 2.82. The number of piperidine rings is 1. The number of nitriles is 1. The fourth-order valence-electron chi connectivity index (χ4n) is 2.77. The Morgan fingerprint density at radius 1 is 1.38 bits per heavy atom. The van der Waals surface area contributed by atoms with Crippen molar-refractivity contribution in [2.24, 2.45) is 0 Å². The van der Waals surface area contributed by atoms with Crippen molar-refractivity contribution < 1.29 is 0 Å². The fourth-order valence-corrected chi connectivity index (χ4v) is 2.77. The summed E-state index contributed by atoms with van der Waals surface area (Å²) in [4.78, 5) is 19.0. The first-order chi connectivity index (χ1) is 10.3. The maximum atomic E-state index is 9.19. The molecule has 0 aliphatic carbocycles. The summed E-state index contributed by atoms with van der Waals surface area (Å²) in [7, 11) is 0. The molecule has 0 amide bonds. The molecule has 0 radical (unpaired) electrons. The maximum absolute atomic E-state index is 9.19. The number of aryl methyl sites for hydroxylation is 1. The van der Waals surface area contributed by atoms with Crippen molar-refractivity contribution in [1.82, 2.24) is 19.9 Å². The Balaban J connectivity index is 1.85. The second-order valence-corrected chi connectivity index (χ2v) is 5.19. The van der Waals surface area contributed by atoms with Crippen molar-refractivity contribution in [3.05, 3.63) is 41.9 Å². The highest BCUT2D eigenvalue weighted by molar-refractivity contribution is 5.52. The molecule has 2 aromatic rings. The van der Waals surface area contributed by atoms with Gasteiger partial charge < -0.3 is 4.90 Å². The van der Waals surface area contributed by atoms with Gasteiger partial charge in [-0.1, -0.05) is 0 Å². The van der Waals surface area contributed by atoms with Crippen LogP contribution >= 0.6 is 0 Å². The Morgan fingerprint density at radius 2 is 2.29 bits per heavy atom. The van der Waals surface area contributed by atoms with E-state index in [0.717, 1.165) is 43.3 Å². The van der Waals surface area contributed by atoms with Crippen LogP contribution in [0.1, 0.15) is 35.8 Å². The highest BCUT2D eigenvalue weighted by Crippen LogP contribution is 2.29. The van der Waals surface area contributed by atoms with Gasteiger partial charge in [-0.05, 0) is 25.8 Å². The zero-order valence-corrected chi connectivity index (χ0v) is 11.9. The van der Waals surface area contributed by atoms with E-state index in [2.05, 4.69) is 30.9 Å². The zero-order valence-electron chi connectivity index (χ0n) is 11.9. The number of rotatable bonds is 2. The van der Waals surface area contributed by atoms with Gasteiger partial charge in [0.15, 0.2) is 0 Å². The SMILES string of the molecule is Cc1nccc(C2CCCN(c3ncncc3C#N)C2)n1. The lowest BCUT2D eigenvalue weighted by Crippen LogP contribution is -2.35.